The first kappa shape index (κ1) is 25.2. The first-order chi connectivity index (χ1) is 16.6. The molecule has 1 aromatic heterocycles. The van der Waals surface area contributed by atoms with Crippen LogP contribution in [0.5, 0.6) is 0 Å². The lowest BCUT2D eigenvalue weighted by Gasteiger charge is -2.36. The fourth-order valence-electron chi connectivity index (χ4n) is 5.22. The Balaban J connectivity index is 1.62. The number of nitrogens with two attached hydrogens (primary N) is 1. The zero-order valence-electron chi connectivity index (χ0n) is 20.9. The number of benzene rings is 1. The van der Waals surface area contributed by atoms with Gasteiger partial charge in [0, 0.05) is 12.1 Å². The first-order valence-corrected chi connectivity index (χ1v) is 12.7. The van der Waals surface area contributed by atoms with Gasteiger partial charge in [-0.15, -0.1) is 0 Å². The fourth-order valence-corrected chi connectivity index (χ4v) is 5.22. The number of amides is 2. The SMILES string of the molecule is Cc1nc(-c2ccc(F)cc2)cc(C2CCCN2C(=O)C(NC(=O)C(C)(C)N)C2CCCCC2)n1. The van der Waals surface area contributed by atoms with Gasteiger partial charge in [0.05, 0.1) is 23.0 Å². The minimum absolute atomic E-state index is 0.0587. The molecular formula is C27H36FN5O2. The van der Waals surface area contributed by atoms with E-state index in [1.165, 1.54) is 12.1 Å². The summed E-state index contributed by atoms with van der Waals surface area (Å²) in [7, 11) is 0. The molecule has 8 heteroatoms. The predicted octanol–water partition coefficient (Wildman–Crippen LogP) is 4.06. The summed E-state index contributed by atoms with van der Waals surface area (Å²) in [6.45, 7) is 5.75. The number of likely N-dealkylation sites (tertiary alicyclic amines) is 1. The molecule has 0 radical (unpaired) electrons. The summed E-state index contributed by atoms with van der Waals surface area (Å²) in [5, 5.41) is 3.01. The summed E-state index contributed by atoms with van der Waals surface area (Å²) < 4.78 is 13.4. The van der Waals surface area contributed by atoms with Gasteiger partial charge >= 0.3 is 0 Å². The van der Waals surface area contributed by atoms with Crippen molar-refractivity contribution in [1.29, 1.82) is 0 Å². The third-order valence-electron chi connectivity index (χ3n) is 7.13. The summed E-state index contributed by atoms with van der Waals surface area (Å²) in [5.41, 5.74) is 7.26. The number of hydrogen-bond donors (Lipinski definition) is 2. The van der Waals surface area contributed by atoms with Gasteiger partial charge in [-0.1, -0.05) is 19.3 Å². The molecule has 2 aromatic rings. The number of aromatic nitrogens is 2. The second kappa shape index (κ2) is 10.4. The molecule has 2 atom stereocenters. The number of rotatable bonds is 6. The molecule has 1 saturated heterocycles. The fraction of sp³-hybridized carbons (Fsp3) is 0.556. The maximum Gasteiger partial charge on any atom is 0.246 e. The van der Waals surface area contributed by atoms with Gasteiger partial charge in [0.15, 0.2) is 0 Å². The highest BCUT2D eigenvalue weighted by molar-refractivity contribution is 5.92. The lowest BCUT2D eigenvalue weighted by molar-refractivity contribution is -0.140. The van der Waals surface area contributed by atoms with Crippen LogP contribution < -0.4 is 11.1 Å². The molecule has 3 N–H and O–H groups in total. The van der Waals surface area contributed by atoms with Crippen LogP contribution in [0.15, 0.2) is 30.3 Å². The van der Waals surface area contributed by atoms with E-state index in [-0.39, 0.29) is 29.6 Å². The molecule has 2 aliphatic rings. The van der Waals surface area contributed by atoms with Crippen molar-refractivity contribution in [3.8, 4) is 11.3 Å². The average molecular weight is 482 g/mol. The number of nitrogens with one attached hydrogen (secondary N) is 1. The third-order valence-corrected chi connectivity index (χ3v) is 7.13. The Labute approximate surface area is 206 Å². The Morgan fingerprint density at radius 2 is 1.77 bits per heavy atom. The molecule has 2 heterocycles. The zero-order valence-corrected chi connectivity index (χ0v) is 20.9. The number of carbonyl (C=O) groups is 2. The van der Waals surface area contributed by atoms with E-state index in [0.717, 1.165) is 56.2 Å². The average Bonchev–Trinajstić information content (AvgIpc) is 3.32. The first-order valence-electron chi connectivity index (χ1n) is 12.7. The summed E-state index contributed by atoms with van der Waals surface area (Å²) >= 11 is 0. The van der Waals surface area contributed by atoms with Gasteiger partial charge in [-0.05, 0) is 82.7 Å². The van der Waals surface area contributed by atoms with Gasteiger partial charge in [-0.3, -0.25) is 9.59 Å². The maximum absolute atomic E-state index is 14.0. The van der Waals surface area contributed by atoms with Crippen molar-refractivity contribution in [3.05, 3.63) is 47.7 Å². The molecular weight excluding hydrogens is 445 g/mol. The summed E-state index contributed by atoms with van der Waals surface area (Å²) in [4.78, 5) is 37.9. The van der Waals surface area contributed by atoms with Crippen molar-refractivity contribution in [2.75, 3.05) is 6.54 Å². The molecule has 2 amide bonds. The molecule has 0 spiro atoms. The van der Waals surface area contributed by atoms with Crippen LogP contribution in [0.2, 0.25) is 0 Å². The van der Waals surface area contributed by atoms with Crippen LogP contribution in [0, 0.1) is 18.7 Å². The van der Waals surface area contributed by atoms with Crippen LogP contribution in [-0.4, -0.2) is 44.8 Å². The largest absolute Gasteiger partial charge is 0.342 e. The van der Waals surface area contributed by atoms with Gasteiger partial charge in [0.1, 0.15) is 17.7 Å². The van der Waals surface area contributed by atoms with E-state index in [4.69, 9.17) is 5.73 Å². The van der Waals surface area contributed by atoms with Crippen molar-refractivity contribution in [2.45, 2.75) is 83.3 Å². The highest BCUT2D eigenvalue weighted by Gasteiger charge is 2.40. The van der Waals surface area contributed by atoms with Crippen molar-refractivity contribution in [2.24, 2.45) is 11.7 Å². The molecule has 1 aliphatic carbocycles. The number of nitrogens with zero attached hydrogens (tertiary/aromatic N) is 3. The lowest BCUT2D eigenvalue weighted by Crippen LogP contribution is -2.58. The third kappa shape index (κ3) is 5.86. The molecule has 4 rings (SSSR count). The van der Waals surface area contributed by atoms with Gasteiger partial charge in [0.2, 0.25) is 11.8 Å². The molecule has 1 aromatic carbocycles. The molecule has 1 aliphatic heterocycles. The van der Waals surface area contributed by atoms with Gasteiger partial charge < -0.3 is 16.0 Å². The quantitative estimate of drug-likeness (QED) is 0.648. The van der Waals surface area contributed by atoms with Crippen LogP contribution >= 0.6 is 0 Å². The van der Waals surface area contributed by atoms with Crippen LogP contribution in [-0.2, 0) is 9.59 Å². The maximum atomic E-state index is 14.0. The molecule has 7 nitrogen and oxygen atoms in total. The minimum Gasteiger partial charge on any atom is -0.342 e. The molecule has 0 bridgehead atoms. The van der Waals surface area contributed by atoms with Crippen LogP contribution in [0.25, 0.3) is 11.3 Å². The number of hydrogen-bond acceptors (Lipinski definition) is 5. The van der Waals surface area contributed by atoms with E-state index in [9.17, 15) is 14.0 Å². The van der Waals surface area contributed by atoms with Crippen molar-refractivity contribution in [3.63, 3.8) is 0 Å². The number of halogens is 1. The van der Waals surface area contributed by atoms with E-state index in [1.807, 2.05) is 17.9 Å². The van der Waals surface area contributed by atoms with Gasteiger partial charge in [-0.2, -0.15) is 0 Å². The molecule has 2 unspecified atom stereocenters. The molecule has 1 saturated carbocycles. The Kier molecular flexibility index (Phi) is 7.50. The van der Waals surface area contributed by atoms with E-state index in [0.29, 0.717) is 18.1 Å². The monoisotopic (exact) mass is 481 g/mol. The molecule has 35 heavy (non-hydrogen) atoms. The second-order valence-electron chi connectivity index (χ2n) is 10.5. The van der Waals surface area contributed by atoms with Crippen LogP contribution in [0.3, 0.4) is 0 Å². The van der Waals surface area contributed by atoms with Gasteiger partial charge in [-0.25, -0.2) is 14.4 Å². The summed E-state index contributed by atoms with van der Waals surface area (Å²) in [6.07, 6.45) is 6.77. The van der Waals surface area contributed by atoms with E-state index in [1.54, 1.807) is 26.0 Å². The highest BCUT2D eigenvalue weighted by Crippen LogP contribution is 2.35. The zero-order chi connectivity index (χ0) is 25.2. The van der Waals surface area contributed by atoms with Crippen molar-refractivity contribution < 1.29 is 14.0 Å². The van der Waals surface area contributed by atoms with Crippen molar-refractivity contribution >= 4 is 11.8 Å². The topological polar surface area (TPSA) is 101 Å². The summed E-state index contributed by atoms with van der Waals surface area (Å²) in [5.74, 6) is 0.0304. The predicted molar refractivity (Wildman–Crippen MR) is 133 cm³/mol. The molecule has 2 fully saturated rings. The minimum atomic E-state index is -1.06. The van der Waals surface area contributed by atoms with Gasteiger partial charge in [0.25, 0.3) is 0 Å². The standard InChI is InChI=1S/C27H36FN5O2/c1-17-30-21(18-11-13-20(28)14-12-18)16-22(31-17)23-10-7-15-33(23)25(34)24(19-8-5-4-6-9-19)32-26(35)27(2,3)29/h11-14,16,19,23-24H,4-10,15,29H2,1-3H3,(H,32,35). The Hall–Kier alpha value is -2.87. The molecule has 188 valence electrons. The smallest absolute Gasteiger partial charge is 0.246 e. The normalized spacial score (nSPS) is 20.0. The summed E-state index contributed by atoms with van der Waals surface area (Å²) in [6, 6.07) is 7.32. The van der Waals surface area contributed by atoms with Crippen LogP contribution in [0.4, 0.5) is 4.39 Å². The Morgan fingerprint density at radius 3 is 2.43 bits per heavy atom. The Morgan fingerprint density at radius 1 is 1.09 bits per heavy atom. The number of aryl methyl sites for hydroxylation is 1. The number of carbonyl (C=O) groups excluding carboxylic acids is 2. The van der Waals surface area contributed by atoms with Crippen LogP contribution in [0.1, 0.15) is 76.4 Å². The highest BCUT2D eigenvalue weighted by atomic mass is 19.1. The van der Waals surface area contributed by atoms with Crippen molar-refractivity contribution in [1.82, 2.24) is 20.2 Å². The Bertz CT molecular complexity index is 1060. The van der Waals surface area contributed by atoms with E-state index >= 15 is 0 Å². The van der Waals surface area contributed by atoms with E-state index in [2.05, 4.69) is 15.3 Å². The lowest BCUT2D eigenvalue weighted by atomic mass is 9.82. The van der Waals surface area contributed by atoms with E-state index < -0.39 is 11.6 Å². The second-order valence-corrected chi connectivity index (χ2v) is 10.5.